The van der Waals surface area contributed by atoms with E-state index >= 15 is 0 Å². The van der Waals surface area contributed by atoms with Crippen molar-refractivity contribution >= 4 is 17.5 Å². The molecule has 27 heavy (non-hydrogen) atoms. The lowest BCUT2D eigenvalue weighted by molar-refractivity contribution is -0.125. The Morgan fingerprint density at radius 3 is 2.33 bits per heavy atom. The number of benzene rings is 1. The van der Waals surface area contributed by atoms with E-state index in [1.54, 1.807) is 13.0 Å². The Kier molecular flexibility index (Phi) is 4.79. The van der Waals surface area contributed by atoms with Gasteiger partial charge < -0.3 is 5.32 Å². The lowest BCUT2D eigenvalue weighted by Crippen LogP contribution is -2.60. The molecule has 0 heterocycles. The molecule has 0 atom stereocenters. The van der Waals surface area contributed by atoms with Crippen LogP contribution in [0.4, 0.5) is 0 Å². The molecule has 144 valence electrons. The Morgan fingerprint density at radius 2 is 1.74 bits per heavy atom. The molecule has 0 saturated heterocycles. The zero-order valence-electron chi connectivity index (χ0n) is 16.3. The first kappa shape index (κ1) is 18.2. The van der Waals surface area contributed by atoms with Gasteiger partial charge in [-0.3, -0.25) is 9.59 Å². The zero-order chi connectivity index (χ0) is 19.0. The molecule has 4 aliphatic rings. The lowest BCUT2D eigenvalue weighted by Gasteiger charge is -2.56. The van der Waals surface area contributed by atoms with Crippen molar-refractivity contribution in [1.29, 1.82) is 0 Å². The molecular weight excluding hydrogens is 338 g/mol. The Morgan fingerprint density at radius 1 is 1.11 bits per heavy atom. The minimum Gasteiger partial charge on any atom is -0.350 e. The van der Waals surface area contributed by atoms with Gasteiger partial charge in [0.2, 0.25) is 5.91 Å². The van der Waals surface area contributed by atoms with Gasteiger partial charge in [-0.1, -0.05) is 17.7 Å². The predicted octanol–water partition coefficient (Wildman–Crippen LogP) is 3.58. The van der Waals surface area contributed by atoms with Gasteiger partial charge in [-0.2, -0.15) is 5.10 Å². The van der Waals surface area contributed by atoms with E-state index in [2.05, 4.69) is 15.8 Å². The topological polar surface area (TPSA) is 70.6 Å². The van der Waals surface area contributed by atoms with Gasteiger partial charge in [0.05, 0.1) is 6.42 Å². The van der Waals surface area contributed by atoms with E-state index in [0.29, 0.717) is 11.3 Å². The summed E-state index contributed by atoms with van der Waals surface area (Å²) in [6.45, 7) is 3.73. The SMILES string of the molecule is C/C(CC(=O)NC12CC3CC(CC(C3)C1)C2)=N/NC(=O)c1cccc(C)c1. The number of carbonyl (C=O) groups is 2. The minimum absolute atomic E-state index is 0.0247. The van der Waals surface area contributed by atoms with E-state index in [9.17, 15) is 9.59 Å². The van der Waals surface area contributed by atoms with Crippen LogP contribution in [-0.4, -0.2) is 23.1 Å². The number of aryl methyl sites for hydroxylation is 1. The quantitative estimate of drug-likeness (QED) is 0.617. The molecule has 4 aliphatic carbocycles. The van der Waals surface area contributed by atoms with Crippen LogP contribution in [0.15, 0.2) is 29.4 Å². The van der Waals surface area contributed by atoms with E-state index in [1.165, 1.54) is 19.3 Å². The van der Waals surface area contributed by atoms with E-state index in [4.69, 9.17) is 0 Å². The standard InChI is InChI=1S/C22H29N3O2/c1-14-4-3-5-19(6-14)21(27)25-24-15(2)7-20(26)23-22-11-16-8-17(12-22)10-18(9-16)13-22/h3-6,16-18H,7-13H2,1-2H3,(H,23,26)(H,25,27)/b24-15-. The van der Waals surface area contributed by atoms with Gasteiger partial charge in [-0.15, -0.1) is 0 Å². The average molecular weight is 367 g/mol. The van der Waals surface area contributed by atoms with Crippen molar-refractivity contribution < 1.29 is 9.59 Å². The van der Waals surface area contributed by atoms with Crippen molar-refractivity contribution in [2.75, 3.05) is 0 Å². The summed E-state index contributed by atoms with van der Waals surface area (Å²) in [5.74, 6) is 2.20. The average Bonchev–Trinajstić information content (AvgIpc) is 2.57. The fourth-order valence-electron chi connectivity index (χ4n) is 5.87. The van der Waals surface area contributed by atoms with Gasteiger partial charge in [0.1, 0.15) is 0 Å². The fourth-order valence-corrected chi connectivity index (χ4v) is 5.87. The number of hydrogen-bond donors (Lipinski definition) is 2. The summed E-state index contributed by atoms with van der Waals surface area (Å²) in [5, 5.41) is 7.47. The van der Waals surface area contributed by atoms with Gasteiger partial charge in [-0.25, -0.2) is 5.43 Å². The van der Waals surface area contributed by atoms with Crippen molar-refractivity contribution in [3.05, 3.63) is 35.4 Å². The van der Waals surface area contributed by atoms with Crippen molar-refractivity contribution in [2.45, 2.75) is 64.3 Å². The second-order valence-corrected chi connectivity index (χ2v) is 9.08. The lowest BCUT2D eigenvalue weighted by atomic mass is 9.53. The van der Waals surface area contributed by atoms with Crippen molar-refractivity contribution in [3.8, 4) is 0 Å². The third-order valence-corrected chi connectivity index (χ3v) is 6.49. The summed E-state index contributed by atoms with van der Waals surface area (Å²) < 4.78 is 0. The highest BCUT2D eigenvalue weighted by Gasteiger charge is 2.51. The van der Waals surface area contributed by atoms with Crippen molar-refractivity contribution in [1.82, 2.24) is 10.7 Å². The Labute approximate surface area is 161 Å². The molecule has 5 nitrogen and oxygen atoms in total. The Balaban J connectivity index is 1.31. The second-order valence-electron chi connectivity index (χ2n) is 9.08. The summed E-state index contributed by atoms with van der Waals surface area (Å²) in [4.78, 5) is 24.8. The van der Waals surface area contributed by atoms with Crippen molar-refractivity contribution in [3.63, 3.8) is 0 Å². The second kappa shape index (κ2) is 7.10. The number of carbonyl (C=O) groups excluding carboxylic acids is 2. The van der Waals surface area contributed by atoms with Crippen LogP contribution in [0.3, 0.4) is 0 Å². The monoisotopic (exact) mass is 367 g/mol. The summed E-state index contributed by atoms with van der Waals surface area (Å²) in [6.07, 6.45) is 7.75. The van der Waals surface area contributed by atoms with Gasteiger partial charge in [0.15, 0.2) is 0 Å². The van der Waals surface area contributed by atoms with Crippen LogP contribution >= 0.6 is 0 Å². The number of amides is 2. The molecule has 4 bridgehead atoms. The minimum atomic E-state index is -0.250. The van der Waals surface area contributed by atoms with Crippen LogP contribution in [-0.2, 0) is 4.79 Å². The normalized spacial score (nSPS) is 31.6. The number of hydrazone groups is 1. The molecule has 4 fully saturated rings. The fraction of sp³-hybridized carbons (Fsp3) is 0.591. The number of hydrogen-bond acceptors (Lipinski definition) is 3. The smallest absolute Gasteiger partial charge is 0.271 e. The first-order valence-corrected chi connectivity index (χ1v) is 10.1. The van der Waals surface area contributed by atoms with Crippen LogP contribution in [0.1, 0.15) is 67.8 Å². The molecule has 0 unspecified atom stereocenters. The van der Waals surface area contributed by atoms with Crippen LogP contribution in [0.5, 0.6) is 0 Å². The summed E-state index contributed by atoms with van der Waals surface area (Å²) in [7, 11) is 0. The van der Waals surface area contributed by atoms with Gasteiger partial charge >= 0.3 is 0 Å². The van der Waals surface area contributed by atoms with Crippen LogP contribution in [0.2, 0.25) is 0 Å². The third-order valence-electron chi connectivity index (χ3n) is 6.49. The maximum Gasteiger partial charge on any atom is 0.271 e. The summed E-state index contributed by atoms with van der Waals surface area (Å²) in [6, 6.07) is 7.37. The first-order chi connectivity index (χ1) is 12.9. The molecule has 0 radical (unpaired) electrons. The third kappa shape index (κ3) is 4.07. The highest BCUT2D eigenvalue weighted by atomic mass is 16.2. The molecule has 1 aromatic carbocycles. The van der Waals surface area contributed by atoms with Gasteiger partial charge in [0, 0.05) is 16.8 Å². The molecule has 5 heteroatoms. The molecular formula is C22H29N3O2. The number of nitrogens with one attached hydrogen (secondary N) is 2. The Hall–Kier alpha value is -2.17. The number of nitrogens with zero attached hydrogens (tertiary/aromatic N) is 1. The van der Waals surface area contributed by atoms with Crippen LogP contribution < -0.4 is 10.7 Å². The van der Waals surface area contributed by atoms with Crippen LogP contribution in [0, 0.1) is 24.7 Å². The maximum atomic E-state index is 12.6. The molecule has 1 aromatic rings. The first-order valence-electron chi connectivity index (χ1n) is 10.1. The molecule has 2 amide bonds. The van der Waals surface area contributed by atoms with E-state index in [-0.39, 0.29) is 23.8 Å². The molecule has 5 rings (SSSR count). The maximum absolute atomic E-state index is 12.6. The van der Waals surface area contributed by atoms with Crippen molar-refractivity contribution in [2.24, 2.45) is 22.9 Å². The van der Waals surface area contributed by atoms with Gasteiger partial charge in [-0.05, 0) is 82.3 Å². The highest BCUT2D eigenvalue weighted by molar-refractivity contribution is 6.01. The Bertz CT molecular complexity index is 748. The number of rotatable bonds is 5. The zero-order valence-corrected chi connectivity index (χ0v) is 16.3. The van der Waals surface area contributed by atoms with Crippen LogP contribution in [0.25, 0.3) is 0 Å². The molecule has 0 spiro atoms. The van der Waals surface area contributed by atoms with E-state index in [0.717, 1.165) is 42.6 Å². The largest absolute Gasteiger partial charge is 0.350 e. The summed E-state index contributed by atoms with van der Waals surface area (Å²) in [5.41, 5.74) is 4.81. The summed E-state index contributed by atoms with van der Waals surface area (Å²) >= 11 is 0. The van der Waals surface area contributed by atoms with Gasteiger partial charge in [0.25, 0.3) is 5.91 Å². The molecule has 4 saturated carbocycles. The predicted molar refractivity (Wildman–Crippen MR) is 105 cm³/mol. The van der Waals surface area contributed by atoms with E-state index < -0.39 is 0 Å². The molecule has 0 aliphatic heterocycles. The highest BCUT2D eigenvalue weighted by Crippen LogP contribution is 2.55. The molecule has 0 aromatic heterocycles. The van der Waals surface area contributed by atoms with E-state index in [1.807, 2.05) is 25.1 Å². The molecule has 2 N–H and O–H groups in total.